The van der Waals surface area contributed by atoms with Gasteiger partial charge in [-0.25, -0.2) is 0 Å². The molecule has 0 saturated carbocycles. The van der Waals surface area contributed by atoms with E-state index in [2.05, 4.69) is 15.9 Å². The lowest BCUT2D eigenvalue weighted by atomic mass is 10.1. The van der Waals surface area contributed by atoms with Gasteiger partial charge in [-0.15, -0.1) is 0 Å². The molecule has 0 fully saturated rings. The van der Waals surface area contributed by atoms with Gasteiger partial charge in [0.05, 0.1) is 0 Å². The first-order valence-corrected chi connectivity index (χ1v) is 6.27. The number of benzene rings is 1. The largest absolute Gasteiger partial charge is 0.489 e. The number of ether oxygens (including phenoxy) is 1. The lowest BCUT2D eigenvalue weighted by Crippen LogP contribution is -2.04. The van der Waals surface area contributed by atoms with E-state index >= 15 is 0 Å². The van der Waals surface area contributed by atoms with Crippen LogP contribution in [0, 0.1) is 0 Å². The first kappa shape index (κ1) is 13.6. The van der Waals surface area contributed by atoms with E-state index in [-0.39, 0.29) is 0 Å². The Kier molecular flexibility index (Phi) is 5.88. The first-order chi connectivity index (χ1) is 7.67. The van der Waals surface area contributed by atoms with Gasteiger partial charge < -0.3 is 10.5 Å². The second kappa shape index (κ2) is 6.94. The molecule has 0 atom stereocenters. The summed E-state index contributed by atoms with van der Waals surface area (Å²) in [6.07, 6.45) is 0.835. The van der Waals surface area contributed by atoms with E-state index in [1.54, 1.807) is 0 Å². The summed E-state index contributed by atoms with van der Waals surface area (Å²) >= 11 is 9.04. The van der Waals surface area contributed by atoms with Crippen molar-refractivity contribution in [3.63, 3.8) is 0 Å². The van der Waals surface area contributed by atoms with Crippen LogP contribution in [0.3, 0.4) is 0 Å². The standard InChI is InChI=1S/C12H15BrClNO/c1-9(7-14)8-16-11-2-3-12(13)10(6-11)4-5-15/h2-3,6-7H,4-5,8,15H2,1H3/b9-7-. The van der Waals surface area contributed by atoms with E-state index in [4.69, 9.17) is 22.1 Å². The van der Waals surface area contributed by atoms with E-state index in [0.29, 0.717) is 13.2 Å². The molecule has 0 bridgehead atoms. The Morgan fingerprint density at radius 2 is 2.31 bits per heavy atom. The van der Waals surface area contributed by atoms with Gasteiger partial charge in [-0.3, -0.25) is 0 Å². The van der Waals surface area contributed by atoms with Gasteiger partial charge in [0, 0.05) is 10.0 Å². The molecule has 0 saturated heterocycles. The molecular weight excluding hydrogens is 289 g/mol. The topological polar surface area (TPSA) is 35.2 Å². The molecule has 0 spiro atoms. The van der Waals surface area contributed by atoms with Crippen molar-refractivity contribution in [3.8, 4) is 5.75 Å². The zero-order valence-electron chi connectivity index (χ0n) is 9.17. The van der Waals surface area contributed by atoms with Crippen molar-refractivity contribution in [2.45, 2.75) is 13.3 Å². The Hall–Kier alpha value is -0.510. The number of nitrogens with two attached hydrogens (primary N) is 1. The summed E-state index contributed by atoms with van der Waals surface area (Å²) < 4.78 is 6.65. The molecule has 0 amide bonds. The molecule has 0 aliphatic carbocycles. The molecule has 2 nitrogen and oxygen atoms in total. The second-order valence-corrected chi connectivity index (χ2v) is 4.61. The normalized spacial score (nSPS) is 11.6. The maximum absolute atomic E-state index is 5.59. The molecular formula is C12H15BrClNO. The van der Waals surface area contributed by atoms with Gasteiger partial charge in [0.1, 0.15) is 12.4 Å². The Bertz CT molecular complexity index is 379. The minimum absolute atomic E-state index is 0.507. The predicted molar refractivity (Wildman–Crippen MR) is 72.0 cm³/mol. The molecule has 1 aromatic rings. The fourth-order valence-electron chi connectivity index (χ4n) is 1.22. The van der Waals surface area contributed by atoms with Crippen LogP contribution in [-0.2, 0) is 6.42 Å². The van der Waals surface area contributed by atoms with Gasteiger partial charge in [0.2, 0.25) is 0 Å². The van der Waals surface area contributed by atoms with E-state index in [0.717, 1.165) is 27.8 Å². The average molecular weight is 305 g/mol. The molecule has 0 aliphatic heterocycles. The van der Waals surface area contributed by atoms with Gasteiger partial charge in [0.25, 0.3) is 0 Å². The third-order valence-electron chi connectivity index (χ3n) is 2.08. The van der Waals surface area contributed by atoms with Crippen LogP contribution in [0.2, 0.25) is 0 Å². The quantitative estimate of drug-likeness (QED) is 0.904. The fourth-order valence-corrected chi connectivity index (χ4v) is 1.72. The van der Waals surface area contributed by atoms with Gasteiger partial charge in [-0.1, -0.05) is 27.5 Å². The van der Waals surface area contributed by atoms with E-state index < -0.39 is 0 Å². The summed E-state index contributed by atoms with van der Waals surface area (Å²) in [5.41, 5.74) is 9.21. The average Bonchev–Trinajstić information content (AvgIpc) is 2.30. The smallest absolute Gasteiger partial charge is 0.120 e. The molecule has 0 heterocycles. The van der Waals surface area contributed by atoms with Crippen molar-refractivity contribution >= 4 is 27.5 Å². The predicted octanol–water partition coefficient (Wildman–Crippen LogP) is 3.47. The van der Waals surface area contributed by atoms with Crippen LogP contribution in [0.25, 0.3) is 0 Å². The highest BCUT2D eigenvalue weighted by Gasteiger charge is 2.02. The SMILES string of the molecule is C/C(=C/Cl)COc1ccc(Br)c(CCN)c1. The van der Waals surface area contributed by atoms with Crippen molar-refractivity contribution in [2.24, 2.45) is 5.73 Å². The zero-order valence-corrected chi connectivity index (χ0v) is 11.5. The van der Waals surface area contributed by atoms with Crippen LogP contribution < -0.4 is 10.5 Å². The monoisotopic (exact) mass is 303 g/mol. The van der Waals surface area contributed by atoms with Crippen molar-refractivity contribution in [1.82, 2.24) is 0 Å². The van der Waals surface area contributed by atoms with Gasteiger partial charge in [-0.05, 0) is 49.2 Å². The molecule has 88 valence electrons. The third kappa shape index (κ3) is 4.16. The minimum atomic E-state index is 0.507. The molecule has 4 heteroatoms. The van der Waals surface area contributed by atoms with Crippen LogP contribution in [0.1, 0.15) is 12.5 Å². The Labute approximate surface area is 110 Å². The van der Waals surface area contributed by atoms with Crippen LogP contribution in [0.5, 0.6) is 5.75 Å². The summed E-state index contributed by atoms with van der Waals surface area (Å²) in [5, 5.41) is 0. The molecule has 0 aliphatic rings. The highest BCUT2D eigenvalue weighted by atomic mass is 79.9. The van der Waals surface area contributed by atoms with Gasteiger partial charge in [0.15, 0.2) is 0 Å². The van der Waals surface area contributed by atoms with Crippen molar-refractivity contribution in [3.05, 3.63) is 39.3 Å². The lowest BCUT2D eigenvalue weighted by Gasteiger charge is -2.09. The summed E-state index contributed by atoms with van der Waals surface area (Å²) in [5.74, 6) is 0.838. The summed E-state index contributed by atoms with van der Waals surface area (Å²) in [7, 11) is 0. The van der Waals surface area contributed by atoms with Crippen molar-refractivity contribution in [2.75, 3.05) is 13.2 Å². The lowest BCUT2D eigenvalue weighted by molar-refractivity contribution is 0.352. The second-order valence-electron chi connectivity index (χ2n) is 3.54. The van der Waals surface area contributed by atoms with Gasteiger partial charge in [-0.2, -0.15) is 0 Å². The fraction of sp³-hybridized carbons (Fsp3) is 0.333. The number of hydrogen-bond acceptors (Lipinski definition) is 2. The maximum atomic E-state index is 5.59. The number of hydrogen-bond donors (Lipinski definition) is 1. The van der Waals surface area contributed by atoms with Crippen LogP contribution in [-0.4, -0.2) is 13.2 Å². The van der Waals surface area contributed by atoms with E-state index in [1.807, 2.05) is 25.1 Å². The molecule has 0 radical (unpaired) electrons. The molecule has 2 N–H and O–H groups in total. The molecule has 16 heavy (non-hydrogen) atoms. The van der Waals surface area contributed by atoms with Crippen LogP contribution >= 0.6 is 27.5 Å². The zero-order chi connectivity index (χ0) is 12.0. The molecule has 0 aromatic heterocycles. The molecule has 1 rings (SSSR count). The van der Waals surface area contributed by atoms with Gasteiger partial charge >= 0.3 is 0 Å². The maximum Gasteiger partial charge on any atom is 0.120 e. The highest BCUT2D eigenvalue weighted by molar-refractivity contribution is 9.10. The van der Waals surface area contributed by atoms with E-state index in [1.165, 1.54) is 5.54 Å². The highest BCUT2D eigenvalue weighted by Crippen LogP contribution is 2.23. The van der Waals surface area contributed by atoms with Crippen LogP contribution in [0.4, 0.5) is 0 Å². The minimum Gasteiger partial charge on any atom is -0.489 e. The van der Waals surface area contributed by atoms with Crippen molar-refractivity contribution in [1.29, 1.82) is 0 Å². The molecule has 0 unspecified atom stereocenters. The summed E-state index contributed by atoms with van der Waals surface area (Å²) in [4.78, 5) is 0. The van der Waals surface area contributed by atoms with Crippen LogP contribution in [0.15, 0.2) is 33.8 Å². The number of rotatable bonds is 5. The van der Waals surface area contributed by atoms with Crippen molar-refractivity contribution < 1.29 is 4.74 Å². The summed E-state index contributed by atoms with van der Waals surface area (Å²) in [6.45, 7) is 3.06. The summed E-state index contributed by atoms with van der Waals surface area (Å²) in [6, 6.07) is 5.89. The Morgan fingerprint density at radius 3 is 2.94 bits per heavy atom. The number of halogens is 2. The third-order valence-corrected chi connectivity index (χ3v) is 3.23. The Balaban J connectivity index is 2.70. The first-order valence-electron chi connectivity index (χ1n) is 5.04. The molecule has 1 aromatic carbocycles. The van der Waals surface area contributed by atoms with E-state index in [9.17, 15) is 0 Å². The Morgan fingerprint density at radius 1 is 1.56 bits per heavy atom.